The molecule has 0 unspecified atom stereocenters. The molecule has 0 fully saturated rings. The van der Waals surface area contributed by atoms with E-state index < -0.39 is 0 Å². The molecule has 0 aromatic heterocycles. The van der Waals surface area contributed by atoms with E-state index in [1.165, 1.54) is 27.8 Å². The SMILES string of the molecule is CO.Cc1c(C)c(C)[c-](C)c1C.[Cl-].[Cl-].[Ti+3]. The summed E-state index contributed by atoms with van der Waals surface area (Å²) in [5.74, 6) is 0. The van der Waals surface area contributed by atoms with Crippen molar-refractivity contribution in [3.05, 3.63) is 27.8 Å². The molecule has 4 heteroatoms. The number of aliphatic hydroxyl groups excluding tert-OH is 1. The van der Waals surface area contributed by atoms with Crippen LogP contribution in [0, 0.1) is 34.6 Å². The van der Waals surface area contributed by atoms with Gasteiger partial charge in [-0.3, -0.25) is 0 Å². The van der Waals surface area contributed by atoms with E-state index in [1.807, 2.05) is 0 Å². The number of hydrogen-bond acceptors (Lipinski definition) is 1. The molecule has 0 aliphatic heterocycles. The predicted molar refractivity (Wildman–Crippen MR) is 53.9 cm³/mol. The van der Waals surface area contributed by atoms with Crippen molar-refractivity contribution in [1.82, 2.24) is 0 Å². The maximum absolute atomic E-state index is 7.00. The van der Waals surface area contributed by atoms with Crippen LogP contribution >= 0.6 is 0 Å². The first-order valence-corrected chi connectivity index (χ1v) is 4.20. The number of aliphatic hydroxyl groups is 1. The topological polar surface area (TPSA) is 20.2 Å². The van der Waals surface area contributed by atoms with Crippen LogP contribution in [0.25, 0.3) is 0 Å². The van der Waals surface area contributed by atoms with E-state index in [-0.39, 0.29) is 46.5 Å². The van der Waals surface area contributed by atoms with Crippen LogP contribution in [0.4, 0.5) is 0 Å². The van der Waals surface area contributed by atoms with E-state index in [2.05, 4.69) is 34.6 Å². The van der Waals surface area contributed by atoms with Gasteiger partial charge < -0.3 is 29.9 Å². The standard InChI is InChI=1S/C10H15.CH4O.2ClH.Ti/c1-6-7(2)9(4)10(5)8(6)3;1-2;;;/h1-5H3;2H,1H3;2*1H;/q-1;;;;+3/p-2. The molecular formula is C11H19Cl2OTi. The summed E-state index contributed by atoms with van der Waals surface area (Å²) in [6, 6.07) is 0. The minimum absolute atomic E-state index is 0. The fraction of sp³-hybridized carbons (Fsp3) is 0.545. The Morgan fingerprint density at radius 2 is 1.00 bits per heavy atom. The molecule has 1 nitrogen and oxygen atoms in total. The van der Waals surface area contributed by atoms with Crippen molar-refractivity contribution in [2.45, 2.75) is 34.6 Å². The molecule has 1 aromatic carbocycles. The number of rotatable bonds is 0. The van der Waals surface area contributed by atoms with Gasteiger partial charge >= 0.3 is 21.7 Å². The van der Waals surface area contributed by atoms with E-state index in [0.717, 1.165) is 7.11 Å². The average Bonchev–Trinajstić information content (AvgIpc) is 2.27. The Balaban J connectivity index is -0.000000114. The Hall–Kier alpha value is 0.604. The van der Waals surface area contributed by atoms with Gasteiger partial charge in [-0.1, -0.05) is 34.6 Å². The minimum Gasteiger partial charge on any atom is -1.00 e. The molecule has 0 bridgehead atoms. The van der Waals surface area contributed by atoms with Crippen LogP contribution in [0.3, 0.4) is 0 Å². The second kappa shape index (κ2) is 11.1. The van der Waals surface area contributed by atoms with Crippen molar-refractivity contribution in [2.75, 3.05) is 7.11 Å². The summed E-state index contributed by atoms with van der Waals surface area (Å²) in [7, 11) is 1.00. The van der Waals surface area contributed by atoms with Gasteiger partial charge in [0.05, 0.1) is 0 Å². The third-order valence-corrected chi connectivity index (χ3v) is 2.81. The largest absolute Gasteiger partial charge is 3.00 e. The quantitative estimate of drug-likeness (QED) is 0.389. The minimum atomic E-state index is 0. The molecule has 0 aliphatic rings. The molecule has 1 aromatic rings. The molecule has 0 saturated carbocycles. The second-order valence-electron chi connectivity index (χ2n) is 3.12. The molecule has 0 heterocycles. The molecule has 1 radical (unpaired) electrons. The molecule has 0 spiro atoms. The normalized spacial score (nSPS) is 7.40. The Kier molecular flexibility index (Phi) is 18.3. The molecular weight excluding hydrogens is 267 g/mol. The first-order valence-electron chi connectivity index (χ1n) is 4.20. The van der Waals surface area contributed by atoms with Gasteiger partial charge in [-0.2, -0.15) is 27.8 Å². The molecule has 1 N–H and O–H groups in total. The first kappa shape index (κ1) is 24.7. The summed E-state index contributed by atoms with van der Waals surface area (Å²) in [4.78, 5) is 0. The zero-order valence-corrected chi connectivity index (χ0v) is 13.3. The molecule has 0 saturated heterocycles. The molecule has 0 amide bonds. The summed E-state index contributed by atoms with van der Waals surface area (Å²) in [5.41, 5.74) is 7.34. The van der Waals surface area contributed by atoms with Crippen molar-refractivity contribution in [1.29, 1.82) is 0 Å². The van der Waals surface area contributed by atoms with Crippen molar-refractivity contribution >= 4 is 0 Å². The van der Waals surface area contributed by atoms with Crippen LogP contribution in [-0.4, -0.2) is 12.2 Å². The summed E-state index contributed by atoms with van der Waals surface area (Å²) in [6.07, 6.45) is 0. The van der Waals surface area contributed by atoms with E-state index in [0.29, 0.717) is 0 Å². The van der Waals surface area contributed by atoms with E-state index in [4.69, 9.17) is 5.11 Å². The van der Waals surface area contributed by atoms with Crippen molar-refractivity contribution in [3.63, 3.8) is 0 Å². The zero-order chi connectivity index (χ0) is 9.89. The maximum atomic E-state index is 7.00. The van der Waals surface area contributed by atoms with E-state index in [1.54, 1.807) is 0 Å². The summed E-state index contributed by atoms with van der Waals surface area (Å²) >= 11 is 0. The molecule has 15 heavy (non-hydrogen) atoms. The second-order valence-corrected chi connectivity index (χ2v) is 3.12. The zero-order valence-electron chi connectivity index (χ0n) is 10.2. The Morgan fingerprint density at radius 3 is 1.07 bits per heavy atom. The van der Waals surface area contributed by atoms with Crippen LogP contribution in [0.5, 0.6) is 0 Å². The molecule has 87 valence electrons. The Labute approximate surface area is 121 Å². The smallest absolute Gasteiger partial charge is 1.00 e. The van der Waals surface area contributed by atoms with Crippen molar-refractivity contribution in [2.24, 2.45) is 0 Å². The predicted octanol–water partition coefficient (Wildman–Crippen LogP) is -3.44. The van der Waals surface area contributed by atoms with Gasteiger partial charge in [-0.15, -0.1) is 0 Å². The van der Waals surface area contributed by atoms with Crippen molar-refractivity contribution < 1.29 is 51.6 Å². The third-order valence-electron chi connectivity index (χ3n) is 2.81. The average molecular weight is 286 g/mol. The van der Waals surface area contributed by atoms with Gasteiger partial charge in [0.1, 0.15) is 0 Å². The van der Waals surface area contributed by atoms with Crippen molar-refractivity contribution in [3.8, 4) is 0 Å². The third kappa shape index (κ3) is 5.47. The van der Waals surface area contributed by atoms with Gasteiger partial charge in [-0.25, -0.2) is 0 Å². The molecule has 0 atom stereocenters. The Bertz CT molecular complexity index is 190. The van der Waals surface area contributed by atoms with Crippen LogP contribution in [0.1, 0.15) is 27.8 Å². The Morgan fingerprint density at radius 1 is 0.800 bits per heavy atom. The number of halogens is 2. The van der Waals surface area contributed by atoms with Gasteiger partial charge in [-0.05, 0) is 0 Å². The van der Waals surface area contributed by atoms with Gasteiger partial charge in [0.25, 0.3) is 0 Å². The summed E-state index contributed by atoms with van der Waals surface area (Å²) in [5, 5.41) is 7.00. The molecule has 1 rings (SSSR count). The van der Waals surface area contributed by atoms with Crippen LogP contribution in [0.2, 0.25) is 0 Å². The van der Waals surface area contributed by atoms with Crippen LogP contribution in [0.15, 0.2) is 0 Å². The fourth-order valence-corrected chi connectivity index (χ4v) is 1.41. The first-order chi connectivity index (χ1) is 5.55. The van der Waals surface area contributed by atoms with E-state index in [9.17, 15) is 0 Å². The monoisotopic (exact) mass is 285 g/mol. The van der Waals surface area contributed by atoms with Gasteiger partial charge in [0.15, 0.2) is 0 Å². The summed E-state index contributed by atoms with van der Waals surface area (Å²) in [6.45, 7) is 11.0. The maximum Gasteiger partial charge on any atom is 3.00 e. The van der Waals surface area contributed by atoms with E-state index >= 15 is 0 Å². The fourth-order valence-electron chi connectivity index (χ4n) is 1.41. The number of hydrogen-bond donors (Lipinski definition) is 1. The van der Waals surface area contributed by atoms with Crippen LogP contribution < -0.4 is 24.8 Å². The van der Waals surface area contributed by atoms with Gasteiger partial charge in [0, 0.05) is 7.11 Å². The molecule has 0 aliphatic carbocycles. The van der Waals surface area contributed by atoms with Gasteiger partial charge in [0.2, 0.25) is 0 Å². The van der Waals surface area contributed by atoms with Crippen LogP contribution in [-0.2, 0) is 21.7 Å². The summed E-state index contributed by atoms with van der Waals surface area (Å²) < 4.78 is 0.